The fraction of sp³-hybridized carbons (Fsp3) is 0.684. The summed E-state index contributed by atoms with van der Waals surface area (Å²) >= 11 is 6.28. The predicted octanol–water partition coefficient (Wildman–Crippen LogP) is 2.21. The molecule has 0 radical (unpaired) electrons. The molecule has 1 saturated carbocycles. The van der Waals surface area contributed by atoms with Crippen molar-refractivity contribution in [2.45, 2.75) is 31.3 Å². The summed E-state index contributed by atoms with van der Waals surface area (Å²) in [5.41, 5.74) is 0. The second-order valence-corrected chi connectivity index (χ2v) is 7.55. The van der Waals surface area contributed by atoms with Gasteiger partial charge in [-0.1, -0.05) is 11.6 Å². The minimum atomic E-state index is 0. The zero-order chi connectivity index (χ0) is 19.1. The lowest BCUT2D eigenvalue weighted by Crippen LogP contribution is -2.47. The van der Waals surface area contributed by atoms with Gasteiger partial charge in [0.15, 0.2) is 5.96 Å². The largest absolute Gasteiger partial charge is 0.383 e. The minimum absolute atomic E-state index is 0. The van der Waals surface area contributed by atoms with Crippen LogP contribution in [0.1, 0.15) is 19.3 Å². The van der Waals surface area contributed by atoms with Crippen molar-refractivity contribution in [2.75, 3.05) is 58.4 Å². The molecule has 2 aliphatic rings. The molecule has 0 amide bonds. The molecule has 158 valence electrons. The molecule has 1 saturated heterocycles. The Morgan fingerprint density at radius 3 is 2.89 bits per heavy atom. The third-order valence-electron chi connectivity index (χ3n) is 5.13. The molecule has 0 spiro atoms. The average molecular weight is 523 g/mol. The molecule has 1 unspecified atom stereocenters. The molecule has 1 aromatic rings. The quantitative estimate of drug-likeness (QED) is 0.295. The van der Waals surface area contributed by atoms with E-state index >= 15 is 0 Å². The van der Waals surface area contributed by atoms with Gasteiger partial charge in [-0.05, 0) is 31.4 Å². The molecule has 1 atom stereocenters. The topological polar surface area (TPSA) is 65.0 Å². The molecule has 1 aliphatic heterocycles. The summed E-state index contributed by atoms with van der Waals surface area (Å²) in [6, 6.07) is 4.83. The van der Waals surface area contributed by atoms with E-state index in [-0.39, 0.29) is 24.0 Å². The number of nitrogens with one attached hydrogen (secondary N) is 2. The minimum Gasteiger partial charge on any atom is -0.383 e. The third kappa shape index (κ3) is 6.89. The van der Waals surface area contributed by atoms with Gasteiger partial charge in [0, 0.05) is 65.2 Å². The summed E-state index contributed by atoms with van der Waals surface area (Å²) in [7, 11) is 3.58. The van der Waals surface area contributed by atoms with Crippen LogP contribution in [-0.4, -0.2) is 81.4 Å². The zero-order valence-electron chi connectivity index (χ0n) is 16.7. The van der Waals surface area contributed by atoms with Crippen LogP contribution in [0.4, 0.5) is 5.82 Å². The molecule has 2 N–H and O–H groups in total. The first-order chi connectivity index (χ1) is 13.2. The Morgan fingerprint density at radius 1 is 1.39 bits per heavy atom. The lowest BCUT2D eigenvalue weighted by Gasteiger charge is -2.23. The van der Waals surface area contributed by atoms with Crippen LogP contribution in [0, 0.1) is 0 Å². The standard InChI is InChI=1S/C19H31ClN6O.HI/c1-21-19(23-9-11-25(12-13-27-2)16-5-6-16)24-15-7-10-26(14-15)18-17(20)4-3-8-22-18;/h3-4,8,15-16H,5-7,9-14H2,1-2H3,(H2,21,23,24);1H. The number of hydrogen-bond acceptors (Lipinski definition) is 5. The van der Waals surface area contributed by atoms with Crippen molar-refractivity contribution in [1.82, 2.24) is 20.5 Å². The van der Waals surface area contributed by atoms with Crippen LogP contribution in [0.25, 0.3) is 0 Å². The summed E-state index contributed by atoms with van der Waals surface area (Å²) < 4.78 is 5.23. The van der Waals surface area contributed by atoms with Crippen molar-refractivity contribution in [1.29, 1.82) is 0 Å². The lowest BCUT2D eigenvalue weighted by atomic mass is 10.3. The summed E-state index contributed by atoms with van der Waals surface area (Å²) in [5.74, 6) is 1.72. The van der Waals surface area contributed by atoms with Crippen molar-refractivity contribution in [3.8, 4) is 0 Å². The Balaban J connectivity index is 0.00000280. The van der Waals surface area contributed by atoms with Crippen molar-refractivity contribution in [3.63, 3.8) is 0 Å². The normalized spacial score (nSPS) is 19.6. The number of aliphatic imine (C=N–C) groups is 1. The number of guanidine groups is 1. The Kier molecular flexibility index (Phi) is 10.0. The van der Waals surface area contributed by atoms with Crippen molar-refractivity contribution in [3.05, 3.63) is 23.4 Å². The average Bonchev–Trinajstić information content (AvgIpc) is 3.42. The number of methoxy groups -OCH3 is 1. The molecular weight excluding hydrogens is 491 g/mol. The van der Waals surface area contributed by atoms with Crippen LogP contribution in [0.5, 0.6) is 0 Å². The van der Waals surface area contributed by atoms with Gasteiger partial charge in [0.2, 0.25) is 0 Å². The van der Waals surface area contributed by atoms with Crippen LogP contribution < -0.4 is 15.5 Å². The first kappa shape index (κ1) is 23.4. The van der Waals surface area contributed by atoms with E-state index < -0.39 is 0 Å². The van der Waals surface area contributed by atoms with Gasteiger partial charge < -0.3 is 20.3 Å². The van der Waals surface area contributed by atoms with E-state index in [0.29, 0.717) is 11.1 Å². The maximum Gasteiger partial charge on any atom is 0.191 e. The summed E-state index contributed by atoms with van der Waals surface area (Å²) in [6.07, 6.45) is 5.45. The number of rotatable bonds is 9. The number of halogens is 2. The molecular formula is C19H32ClIN6O. The fourth-order valence-corrected chi connectivity index (χ4v) is 3.75. The van der Waals surface area contributed by atoms with Gasteiger partial charge in [-0.2, -0.15) is 0 Å². The first-order valence-corrected chi connectivity index (χ1v) is 10.1. The lowest BCUT2D eigenvalue weighted by molar-refractivity contribution is 0.144. The van der Waals surface area contributed by atoms with Crippen LogP contribution in [0.15, 0.2) is 23.3 Å². The van der Waals surface area contributed by atoms with Gasteiger partial charge in [-0.3, -0.25) is 9.89 Å². The van der Waals surface area contributed by atoms with Gasteiger partial charge in [-0.25, -0.2) is 4.98 Å². The molecule has 1 aromatic heterocycles. The van der Waals surface area contributed by atoms with Gasteiger partial charge >= 0.3 is 0 Å². The third-order valence-corrected chi connectivity index (χ3v) is 5.42. The van der Waals surface area contributed by atoms with E-state index in [1.54, 1.807) is 13.3 Å². The maximum atomic E-state index is 6.28. The fourth-order valence-electron chi connectivity index (χ4n) is 3.51. The smallest absolute Gasteiger partial charge is 0.191 e. The van der Waals surface area contributed by atoms with Crippen LogP contribution in [-0.2, 0) is 4.74 Å². The number of pyridine rings is 1. The number of hydrogen-bond donors (Lipinski definition) is 2. The van der Waals surface area contributed by atoms with Gasteiger partial charge in [0.1, 0.15) is 5.82 Å². The molecule has 0 aromatic carbocycles. The highest BCUT2D eigenvalue weighted by Gasteiger charge is 2.28. The summed E-state index contributed by atoms with van der Waals surface area (Å²) in [5, 5.41) is 7.68. The predicted molar refractivity (Wildman–Crippen MR) is 126 cm³/mol. The van der Waals surface area contributed by atoms with Crippen molar-refractivity contribution < 1.29 is 4.74 Å². The molecule has 7 nitrogen and oxygen atoms in total. The van der Waals surface area contributed by atoms with Crippen LogP contribution in [0.3, 0.4) is 0 Å². The second-order valence-electron chi connectivity index (χ2n) is 7.14. The van der Waals surface area contributed by atoms with Gasteiger partial charge in [0.25, 0.3) is 0 Å². The maximum absolute atomic E-state index is 6.28. The second kappa shape index (κ2) is 12.0. The number of nitrogens with zero attached hydrogens (tertiary/aromatic N) is 4. The number of ether oxygens (including phenoxy) is 1. The molecule has 2 heterocycles. The summed E-state index contributed by atoms with van der Waals surface area (Å²) in [6.45, 7) is 5.49. The molecule has 0 bridgehead atoms. The van der Waals surface area contributed by atoms with E-state index in [1.807, 2.05) is 19.2 Å². The molecule has 1 aliphatic carbocycles. The first-order valence-electron chi connectivity index (χ1n) is 9.77. The van der Waals surface area contributed by atoms with Crippen LogP contribution in [0.2, 0.25) is 5.02 Å². The zero-order valence-corrected chi connectivity index (χ0v) is 19.8. The van der Waals surface area contributed by atoms with E-state index in [9.17, 15) is 0 Å². The Hall–Kier alpha value is -0.840. The Bertz CT molecular complexity index is 630. The molecule has 28 heavy (non-hydrogen) atoms. The molecule has 3 rings (SSSR count). The van der Waals surface area contributed by atoms with Crippen molar-refractivity contribution >= 4 is 47.4 Å². The van der Waals surface area contributed by atoms with E-state index in [1.165, 1.54) is 12.8 Å². The van der Waals surface area contributed by atoms with Crippen molar-refractivity contribution in [2.24, 2.45) is 4.99 Å². The SMILES string of the molecule is CN=C(NCCN(CCOC)C1CC1)NC1CCN(c2ncccc2Cl)C1.I. The Labute approximate surface area is 190 Å². The molecule has 2 fully saturated rings. The summed E-state index contributed by atoms with van der Waals surface area (Å²) in [4.78, 5) is 13.5. The van der Waals surface area contributed by atoms with Gasteiger partial charge in [-0.15, -0.1) is 24.0 Å². The van der Waals surface area contributed by atoms with Gasteiger partial charge in [0.05, 0.1) is 11.6 Å². The van der Waals surface area contributed by atoms with E-state index in [4.69, 9.17) is 16.3 Å². The monoisotopic (exact) mass is 522 g/mol. The molecule has 9 heteroatoms. The number of anilines is 1. The number of aromatic nitrogens is 1. The Morgan fingerprint density at radius 2 is 2.21 bits per heavy atom. The van der Waals surface area contributed by atoms with Crippen LogP contribution >= 0.6 is 35.6 Å². The van der Waals surface area contributed by atoms with E-state index in [0.717, 1.165) is 63.6 Å². The highest BCUT2D eigenvalue weighted by Crippen LogP contribution is 2.26. The van der Waals surface area contributed by atoms with E-state index in [2.05, 4.69) is 30.4 Å². The highest BCUT2D eigenvalue weighted by atomic mass is 127. The highest BCUT2D eigenvalue weighted by molar-refractivity contribution is 14.0.